The third kappa shape index (κ3) is 1.59. The molecule has 0 amide bonds. The quantitative estimate of drug-likeness (QED) is 0.685. The second kappa shape index (κ2) is 3.17. The number of nitrogens with zero attached hydrogens (tertiary/aromatic N) is 2. The molecular formula is C12H11ClN2. The molecule has 0 aliphatic heterocycles. The molecule has 1 saturated carbocycles. The summed E-state index contributed by atoms with van der Waals surface area (Å²) in [7, 11) is 0. The van der Waals surface area contributed by atoms with Crippen LogP contribution >= 0.6 is 11.6 Å². The predicted molar refractivity (Wildman–Crippen MR) is 61.3 cm³/mol. The molecule has 1 aromatic heterocycles. The van der Waals surface area contributed by atoms with Crippen LogP contribution in [-0.2, 0) is 0 Å². The summed E-state index contributed by atoms with van der Waals surface area (Å²) in [5.74, 6) is 1.46. The normalized spacial score (nSPS) is 15.9. The van der Waals surface area contributed by atoms with Crippen LogP contribution in [0.4, 0.5) is 0 Å². The summed E-state index contributed by atoms with van der Waals surface area (Å²) in [6.07, 6.45) is 2.40. The Morgan fingerprint density at radius 1 is 1.27 bits per heavy atom. The average molecular weight is 219 g/mol. The van der Waals surface area contributed by atoms with Gasteiger partial charge >= 0.3 is 0 Å². The van der Waals surface area contributed by atoms with E-state index in [1.54, 1.807) is 0 Å². The average Bonchev–Trinajstić information content (AvgIpc) is 2.99. The van der Waals surface area contributed by atoms with Gasteiger partial charge in [0.2, 0.25) is 0 Å². The Hall–Kier alpha value is -1.15. The fourth-order valence-corrected chi connectivity index (χ4v) is 1.99. The van der Waals surface area contributed by atoms with Crippen molar-refractivity contribution < 1.29 is 0 Å². The van der Waals surface area contributed by atoms with Gasteiger partial charge in [0.05, 0.1) is 5.52 Å². The van der Waals surface area contributed by atoms with E-state index < -0.39 is 0 Å². The van der Waals surface area contributed by atoms with Crippen LogP contribution in [0.15, 0.2) is 18.2 Å². The zero-order valence-corrected chi connectivity index (χ0v) is 9.25. The molecule has 0 saturated heterocycles. The van der Waals surface area contributed by atoms with E-state index in [9.17, 15) is 0 Å². The van der Waals surface area contributed by atoms with Crippen LogP contribution in [0.3, 0.4) is 0 Å². The lowest BCUT2D eigenvalue weighted by Gasteiger charge is -2.03. The summed E-state index contributed by atoms with van der Waals surface area (Å²) in [5, 5.41) is 1.54. The zero-order valence-electron chi connectivity index (χ0n) is 8.50. The lowest BCUT2D eigenvalue weighted by molar-refractivity contribution is 0.948. The summed E-state index contributed by atoms with van der Waals surface area (Å²) in [4.78, 5) is 8.91. The lowest BCUT2D eigenvalue weighted by Crippen LogP contribution is -1.94. The van der Waals surface area contributed by atoms with Crippen LogP contribution in [0.1, 0.15) is 30.1 Å². The van der Waals surface area contributed by atoms with Gasteiger partial charge in [0.1, 0.15) is 11.0 Å². The molecule has 76 valence electrons. The molecule has 2 nitrogen and oxygen atoms in total. The molecule has 1 aliphatic carbocycles. The van der Waals surface area contributed by atoms with Crippen molar-refractivity contribution in [2.24, 2.45) is 0 Å². The van der Waals surface area contributed by atoms with E-state index >= 15 is 0 Å². The van der Waals surface area contributed by atoms with Gasteiger partial charge in [-0.25, -0.2) is 9.97 Å². The van der Waals surface area contributed by atoms with Crippen molar-refractivity contribution in [1.29, 1.82) is 0 Å². The Morgan fingerprint density at radius 3 is 2.80 bits per heavy atom. The molecule has 0 N–H and O–H groups in total. The second-order valence-corrected chi connectivity index (χ2v) is 4.53. The number of benzene rings is 1. The zero-order chi connectivity index (χ0) is 10.4. The number of aryl methyl sites for hydroxylation is 1. The monoisotopic (exact) mass is 218 g/mol. The topological polar surface area (TPSA) is 25.8 Å². The Kier molecular flexibility index (Phi) is 1.93. The van der Waals surface area contributed by atoms with E-state index in [0.29, 0.717) is 11.1 Å². The lowest BCUT2D eigenvalue weighted by atomic mass is 10.2. The molecule has 0 radical (unpaired) electrons. The molecule has 1 fully saturated rings. The number of fused-ring (bicyclic) bond motifs is 1. The first-order valence-corrected chi connectivity index (χ1v) is 5.55. The molecular weight excluding hydrogens is 208 g/mol. The van der Waals surface area contributed by atoms with Crippen molar-refractivity contribution in [3.63, 3.8) is 0 Å². The minimum absolute atomic E-state index is 0.549. The standard InChI is InChI=1S/C12H11ClN2/c1-7-2-5-9-10(6-7)14-12(8-3-4-8)15-11(9)13/h2,5-6,8H,3-4H2,1H3. The largest absolute Gasteiger partial charge is 0.232 e. The summed E-state index contributed by atoms with van der Waals surface area (Å²) in [5.41, 5.74) is 2.18. The Morgan fingerprint density at radius 2 is 2.07 bits per heavy atom. The van der Waals surface area contributed by atoms with Gasteiger partial charge in [-0.1, -0.05) is 17.7 Å². The summed E-state index contributed by atoms with van der Waals surface area (Å²) in [6.45, 7) is 2.06. The molecule has 15 heavy (non-hydrogen) atoms. The minimum Gasteiger partial charge on any atom is -0.232 e. The third-order valence-corrected chi connectivity index (χ3v) is 3.05. The van der Waals surface area contributed by atoms with Gasteiger partial charge in [0.25, 0.3) is 0 Å². The fraction of sp³-hybridized carbons (Fsp3) is 0.333. The first kappa shape index (κ1) is 9.10. The number of hydrogen-bond acceptors (Lipinski definition) is 2. The van der Waals surface area contributed by atoms with Gasteiger partial charge in [-0.2, -0.15) is 0 Å². The highest BCUT2D eigenvalue weighted by Gasteiger charge is 2.27. The summed E-state index contributed by atoms with van der Waals surface area (Å²) >= 11 is 6.14. The van der Waals surface area contributed by atoms with E-state index in [-0.39, 0.29) is 0 Å². The molecule has 1 aromatic carbocycles. The van der Waals surface area contributed by atoms with E-state index in [4.69, 9.17) is 11.6 Å². The van der Waals surface area contributed by atoms with Crippen molar-refractivity contribution in [3.05, 3.63) is 34.7 Å². The molecule has 3 rings (SSSR count). The maximum atomic E-state index is 6.14. The Bertz CT molecular complexity index is 532. The van der Waals surface area contributed by atoms with Gasteiger partial charge < -0.3 is 0 Å². The molecule has 3 heteroatoms. The molecule has 1 aliphatic rings. The SMILES string of the molecule is Cc1ccc2c(Cl)nc(C3CC3)nc2c1. The Labute approximate surface area is 93.3 Å². The number of hydrogen-bond donors (Lipinski definition) is 0. The first-order chi connectivity index (χ1) is 7.24. The smallest absolute Gasteiger partial charge is 0.140 e. The molecule has 0 atom stereocenters. The van der Waals surface area contributed by atoms with E-state index in [1.165, 1.54) is 18.4 Å². The Balaban J connectivity index is 2.27. The third-order valence-electron chi connectivity index (χ3n) is 2.77. The molecule has 2 aromatic rings. The maximum Gasteiger partial charge on any atom is 0.140 e. The van der Waals surface area contributed by atoms with Crippen LogP contribution in [0.5, 0.6) is 0 Å². The van der Waals surface area contributed by atoms with Gasteiger partial charge in [0, 0.05) is 11.3 Å². The maximum absolute atomic E-state index is 6.14. The van der Waals surface area contributed by atoms with E-state index in [0.717, 1.165) is 16.7 Å². The van der Waals surface area contributed by atoms with Crippen molar-refractivity contribution in [3.8, 4) is 0 Å². The molecule has 1 heterocycles. The highest BCUT2D eigenvalue weighted by atomic mass is 35.5. The molecule has 0 spiro atoms. The van der Waals surface area contributed by atoms with Crippen LogP contribution < -0.4 is 0 Å². The first-order valence-electron chi connectivity index (χ1n) is 5.18. The number of aromatic nitrogens is 2. The fourth-order valence-electron chi connectivity index (χ4n) is 1.74. The van der Waals surface area contributed by atoms with Crippen LogP contribution in [0.25, 0.3) is 10.9 Å². The van der Waals surface area contributed by atoms with E-state index in [2.05, 4.69) is 23.0 Å². The van der Waals surface area contributed by atoms with Gasteiger partial charge in [-0.05, 0) is 37.5 Å². The highest BCUT2D eigenvalue weighted by molar-refractivity contribution is 6.34. The summed E-state index contributed by atoms with van der Waals surface area (Å²) < 4.78 is 0. The van der Waals surface area contributed by atoms with Crippen molar-refractivity contribution >= 4 is 22.5 Å². The van der Waals surface area contributed by atoms with Crippen LogP contribution in [0.2, 0.25) is 5.15 Å². The van der Waals surface area contributed by atoms with Crippen molar-refractivity contribution in [1.82, 2.24) is 9.97 Å². The molecule has 0 bridgehead atoms. The van der Waals surface area contributed by atoms with Gasteiger partial charge in [-0.3, -0.25) is 0 Å². The minimum atomic E-state index is 0.549. The predicted octanol–water partition coefficient (Wildman–Crippen LogP) is 3.47. The highest BCUT2D eigenvalue weighted by Crippen LogP contribution is 2.39. The van der Waals surface area contributed by atoms with E-state index in [1.807, 2.05) is 12.1 Å². The van der Waals surface area contributed by atoms with Crippen molar-refractivity contribution in [2.45, 2.75) is 25.7 Å². The summed E-state index contributed by atoms with van der Waals surface area (Å²) in [6, 6.07) is 6.09. The number of halogens is 1. The van der Waals surface area contributed by atoms with Gasteiger partial charge in [0.15, 0.2) is 0 Å². The van der Waals surface area contributed by atoms with Crippen LogP contribution in [-0.4, -0.2) is 9.97 Å². The number of rotatable bonds is 1. The van der Waals surface area contributed by atoms with Crippen molar-refractivity contribution in [2.75, 3.05) is 0 Å². The second-order valence-electron chi connectivity index (χ2n) is 4.17. The van der Waals surface area contributed by atoms with Crippen LogP contribution in [0, 0.1) is 6.92 Å². The van der Waals surface area contributed by atoms with Gasteiger partial charge in [-0.15, -0.1) is 0 Å². The molecule has 0 unspecified atom stereocenters.